The number of nitrogens with one attached hydrogen (secondary N) is 1. The van der Waals surface area contributed by atoms with Crippen molar-refractivity contribution < 1.29 is 19.1 Å². The summed E-state index contributed by atoms with van der Waals surface area (Å²) >= 11 is 0. The van der Waals surface area contributed by atoms with Crippen molar-refractivity contribution in [1.29, 1.82) is 0 Å². The number of methoxy groups -OCH3 is 1. The molecule has 7 nitrogen and oxygen atoms in total. The lowest BCUT2D eigenvalue weighted by atomic mass is 10.2. The molecule has 0 aliphatic rings. The second-order valence-corrected chi connectivity index (χ2v) is 4.45. The molecule has 1 rings (SSSR count). The molecule has 1 aromatic heterocycles. The van der Waals surface area contributed by atoms with Gasteiger partial charge in [0.25, 0.3) is 0 Å². The fourth-order valence-corrected chi connectivity index (χ4v) is 1.07. The molecule has 0 saturated heterocycles. The minimum atomic E-state index is -0.668. The summed E-state index contributed by atoms with van der Waals surface area (Å²) < 4.78 is 9.56. The first kappa shape index (κ1) is 13.9. The Morgan fingerprint density at radius 2 is 2.00 bits per heavy atom. The number of aromatic nitrogens is 2. The summed E-state index contributed by atoms with van der Waals surface area (Å²) in [6.45, 7) is 5.22. The van der Waals surface area contributed by atoms with Gasteiger partial charge in [-0.25, -0.2) is 9.59 Å². The average Bonchev–Trinajstić information content (AvgIpc) is 2.25. The number of esters is 1. The SMILES string of the molecule is COC(=O)c1cnnc(NC(=O)OC(C)(C)C)c1. The molecule has 0 radical (unpaired) electrons. The van der Waals surface area contributed by atoms with Gasteiger partial charge in [-0.2, -0.15) is 5.10 Å². The van der Waals surface area contributed by atoms with E-state index in [4.69, 9.17) is 4.74 Å². The molecule has 1 aromatic rings. The van der Waals surface area contributed by atoms with Gasteiger partial charge in [0.1, 0.15) is 5.60 Å². The zero-order valence-corrected chi connectivity index (χ0v) is 10.7. The van der Waals surface area contributed by atoms with Gasteiger partial charge in [-0.1, -0.05) is 0 Å². The lowest BCUT2D eigenvalue weighted by Gasteiger charge is -2.19. The van der Waals surface area contributed by atoms with Crippen molar-refractivity contribution in [1.82, 2.24) is 10.2 Å². The summed E-state index contributed by atoms with van der Waals surface area (Å²) in [5.74, 6) is -0.440. The Hall–Kier alpha value is -2.18. The molecular formula is C11H15N3O4. The molecule has 1 amide bonds. The Morgan fingerprint density at radius 3 is 2.56 bits per heavy atom. The Kier molecular flexibility index (Phi) is 4.19. The number of ether oxygens (including phenoxy) is 2. The molecule has 0 saturated carbocycles. The van der Waals surface area contributed by atoms with Crippen LogP contribution in [0.5, 0.6) is 0 Å². The number of carbonyl (C=O) groups is 2. The third kappa shape index (κ3) is 4.36. The zero-order chi connectivity index (χ0) is 13.8. The molecule has 0 atom stereocenters. The number of rotatable bonds is 2. The predicted octanol–water partition coefficient (Wildman–Crippen LogP) is 1.61. The molecule has 1 heterocycles. The van der Waals surface area contributed by atoms with Crippen molar-refractivity contribution in [2.45, 2.75) is 26.4 Å². The summed E-state index contributed by atoms with van der Waals surface area (Å²) in [6, 6.07) is 1.35. The number of carbonyl (C=O) groups excluding carboxylic acids is 2. The minimum absolute atomic E-state index is 0.118. The molecule has 0 fully saturated rings. The molecule has 0 unspecified atom stereocenters. The van der Waals surface area contributed by atoms with Crippen LogP contribution in [0.15, 0.2) is 12.3 Å². The van der Waals surface area contributed by atoms with E-state index in [1.807, 2.05) is 0 Å². The lowest BCUT2D eigenvalue weighted by molar-refractivity contribution is 0.0595. The number of hydrogen-bond acceptors (Lipinski definition) is 6. The fourth-order valence-electron chi connectivity index (χ4n) is 1.07. The second-order valence-electron chi connectivity index (χ2n) is 4.45. The van der Waals surface area contributed by atoms with E-state index in [0.29, 0.717) is 0 Å². The highest BCUT2D eigenvalue weighted by atomic mass is 16.6. The summed E-state index contributed by atoms with van der Waals surface area (Å²) in [5.41, 5.74) is -0.421. The quantitative estimate of drug-likeness (QED) is 0.805. The summed E-state index contributed by atoms with van der Waals surface area (Å²) in [6.07, 6.45) is 0.574. The summed E-state index contributed by atoms with van der Waals surface area (Å²) in [5, 5.41) is 9.61. The second kappa shape index (κ2) is 5.44. The van der Waals surface area contributed by atoms with Crippen molar-refractivity contribution in [3.63, 3.8) is 0 Å². The topological polar surface area (TPSA) is 90.4 Å². The first-order valence-corrected chi connectivity index (χ1v) is 5.23. The summed E-state index contributed by atoms with van der Waals surface area (Å²) in [7, 11) is 1.25. The molecule has 7 heteroatoms. The van der Waals surface area contributed by atoms with E-state index in [1.165, 1.54) is 19.4 Å². The Labute approximate surface area is 104 Å². The van der Waals surface area contributed by atoms with Gasteiger partial charge in [-0.3, -0.25) is 5.32 Å². The van der Waals surface area contributed by atoms with E-state index < -0.39 is 17.7 Å². The van der Waals surface area contributed by atoms with Crippen LogP contribution in [0.2, 0.25) is 0 Å². The van der Waals surface area contributed by atoms with Crippen molar-refractivity contribution in [3.8, 4) is 0 Å². The van der Waals surface area contributed by atoms with Crippen molar-refractivity contribution in [3.05, 3.63) is 17.8 Å². The van der Waals surface area contributed by atoms with Crippen molar-refractivity contribution >= 4 is 17.9 Å². The Bertz CT molecular complexity index is 454. The molecule has 0 aliphatic carbocycles. The number of amides is 1. The third-order valence-electron chi connectivity index (χ3n) is 1.70. The van der Waals surface area contributed by atoms with Crippen LogP contribution in [-0.2, 0) is 9.47 Å². The maximum absolute atomic E-state index is 11.5. The first-order valence-electron chi connectivity index (χ1n) is 5.23. The van der Waals surface area contributed by atoms with Gasteiger partial charge in [0.2, 0.25) is 0 Å². The Balaban J connectivity index is 2.74. The van der Waals surface area contributed by atoms with E-state index >= 15 is 0 Å². The van der Waals surface area contributed by atoms with E-state index in [9.17, 15) is 9.59 Å². The van der Waals surface area contributed by atoms with Crippen molar-refractivity contribution in [2.75, 3.05) is 12.4 Å². The van der Waals surface area contributed by atoms with Crippen molar-refractivity contribution in [2.24, 2.45) is 0 Å². The maximum Gasteiger partial charge on any atom is 0.413 e. The highest BCUT2D eigenvalue weighted by Crippen LogP contribution is 2.10. The molecule has 0 aliphatic heterocycles. The van der Waals surface area contributed by atoms with Gasteiger partial charge in [0.05, 0.1) is 18.9 Å². The van der Waals surface area contributed by atoms with Gasteiger partial charge < -0.3 is 9.47 Å². The van der Waals surface area contributed by atoms with E-state index in [1.54, 1.807) is 20.8 Å². The maximum atomic E-state index is 11.5. The predicted molar refractivity (Wildman–Crippen MR) is 63.2 cm³/mol. The van der Waals surface area contributed by atoms with Crippen LogP contribution < -0.4 is 5.32 Å². The van der Waals surface area contributed by atoms with Gasteiger partial charge in [-0.05, 0) is 26.8 Å². The van der Waals surface area contributed by atoms with Crippen LogP contribution in [0, 0.1) is 0 Å². The normalized spacial score (nSPS) is 10.7. The van der Waals surface area contributed by atoms with E-state index in [0.717, 1.165) is 0 Å². The van der Waals surface area contributed by atoms with Crippen LogP contribution in [0.4, 0.5) is 10.6 Å². The number of anilines is 1. The third-order valence-corrected chi connectivity index (χ3v) is 1.70. The summed E-state index contributed by atoms with van der Waals surface area (Å²) in [4.78, 5) is 22.7. The molecule has 0 spiro atoms. The number of nitrogens with zero attached hydrogens (tertiary/aromatic N) is 2. The van der Waals surface area contributed by atoms with Gasteiger partial charge >= 0.3 is 12.1 Å². The molecule has 0 bridgehead atoms. The molecule has 18 heavy (non-hydrogen) atoms. The van der Waals surface area contributed by atoms with Crippen LogP contribution in [-0.4, -0.2) is 35.0 Å². The van der Waals surface area contributed by atoms with E-state index in [-0.39, 0.29) is 11.4 Å². The van der Waals surface area contributed by atoms with Gasteiger partial charge in [-0.15, -0.1) is 5.10 Å². The van der Waals surface area contributed by atoms with Crippen LogP contribution >= 0.6 is 0 Å². The van der Waals surface area contributed by atoms with E-state index in [2.05, 4.69) is 20.3 Å². The standard InChI is InChI=1S/C11H15N3O4/c1-11(2,3)18-10(16)13-8-5-7(6-12-14-8)9(15)17-4/h5-6H,1-4H3,(H,13,14,16). The zero-order valence-electron chi connectivity index (χ0n) is 10.7. The van der Waals surface area contributed by atoms with Crippen LogP contribution in [0.25, 0.3) is 0 Å². The smallest absolute Gasteiger partial charge is 0.413 e. The average molecular weight is 253 g/mol. The fraction of sp³-hybridized carbons (Fsp3) is 0.455. The van der Waals surface area contributed by atoms with Crippen LogP contribution in [0.3, 0.4) is 0 Å². The van der Waals surface area contributed by atoms with Gasteiger partial charge in [0, 0.05) is 0 Å². The van der Waals surface area contributed by atoms with Gasteiger partial charge in [0.15, 0.2) is 5.82 Å². The highest BCUT2D eigenvalue weighted by molar-refractivity contribution is 5.91. The van der Waals surface area contributed by atoms with Crippen LogP contribution in [0.1, 0.15) is 31.1 Å². The molecular weight excluding hydrogens is 238 g/mol. The highest BCUT2D eigenvalue weighted by Gasteiger charge is 2.17. The first-order chi connectivity index (χ1) is 8.31. The number of hydrogen-bond donors (Lipinski definition) is 1. The molecule has 1 N–H and O–H groups in total. The lowest BCUT2D eigenvalue weighted by Crippen LogP contribution is -2.27. The molecule has 98 valence electrons. The molecule has 0 aromatic carbocycles. The Morgan fingerprint density at radius 1 is 1.33 bits per heavy atom. The largest absolute Gasteiger partial charge is 0.465 e. The monoisotopic (exact) mass is 253 g/mol. The minimum Gasteiger partial charge on any atom is -0.465 e.